The Morgan fingerprint density at radius 1 is 0.967 bits per heavy atom. The molecule has 7 nitrogen and oxygen atoms in total. The number of aromatic nitrogens is 4. The lowest BCUT2D eigenvalue weighted by molar-refractivity contribution is -0.130. The molecule has 1 saturated heterocycles. The van der Waals surface area contributed by atoms with E-state index in [0.717, 1.165) is 49.4 Å². The van der Waals surface area contributed by atoms with E-state index >= 15 is 0 Å². The molecule has 1 aliphatic rings. The minimum absolute atomic E-state index is 0.152. The monoisotopic (exact) mass is 422 g/mol. The van der Waals surface area contributed by atoms with Crippen LogP contribution in [0.1, 0.15) is 17.0 Å². The number of pyridine rings is 1. The summed E-state index contributed by atoms with van der Waals surface area (Å²) in [5, 5.41) is 9.25. The summed E-state index contributed by atoms with van der Waals surface area (Å²) in [5.41, 5.74) is 3.48. The van der Waals surface area contributed by atoms with E-state index in [2.05, 4.69) is 51.3 Å². The molecule has 0 atom stereocenters. The van der Waals surface area contributed by atoms with Gasteiger partial charge in [0.15, 0.2) is 5.16 Å². The molecule has 1 aromatic carbocycles. The average molecular weight is 423 g/mol. The Kier molecular flexibility index (Phi) is 6.44. The van der Waals surface area contributed by atoms with E-state index in [-0.39, 0.29) is 5.91 Å². The Labute approximate surface area is 181 Å². The number of amides is 1. The molecule has 2 aromatic heterocycles. The van der Waals surface area contributed by atoms with Crippen molar-refractivity contribution in [3.8, 4) is 5.69 Å². The second-order valence-electron chi connectivity index (χ2n) is 7.50. The summed E-state index contributed by atoms with van der Waals surface area (Å²) in [6.45, 7) is 8.18. The molecule has 1 amide bonds. The molecule has 0 unspecified atom stereocenters. The molecule has 8 heteroatoms. The van der Waals surface area contributed by atoms with Crippen LogP contribution in [-0.2, 0) is 11.3 Å². The number of aryl methyl sites for hydroxylation is 2. The van der Waals surface area contributed by atoms with Gasteiger partial charge in [-0.1, -0.05) is 29.5 Å². The van der Waals surface area contributed by atoms with Gasteiger partial charge in [0.05, 0.1) is 5.75 Å². The SMILES string of the molecule is Cc1ccc(-n2c(C)nnc2SCC(=O)N2CCN(Cc3ccncc3)CC2)cc1. The molecule has 0 radical (unpaired) electrons. The second kappa shape index (κ2) is 9.40. The average Bonchev–Trinajstić information content (AvgIpc) is 3.14. The van der Waals surface area contributed by atoms with Gasteiger partial charge in [-0.05, 0) is 43.7 Å². The summed E-state index contributed by atoms with van der Waals surface area (Å²) in [4.78, 5) is 21.2. The summed E-state index contributed by atoms with van der Waals surface area (Å²) in [6, 6.07) is 12.3. The fraction of sp³-hybridized carbons (Fsp3) is 0.364. The van der Waals surface area contributed by atoms with Gasteiger partial charge in [-0.3, -0.25) is 19.2 Å². The van der Waals surface area contributed by atoms with Crippen molar-refractivity contribution in [2.45, 2.75) is 25.5 Å². The first-order valence-corrected chi connectivity index (χ1v) is 11.1. The van der Waals surface area contributed by atoms with Crippen LogP contribution in [0.5, 0.6) is 0 Å². The smallest absolute Gasteiger partial charge is 0.233 e. The molecular formula is C22H26N6OS. The van der Waals surface area contributed by atoms with Crippen molar-refractivity contribution >= 4 is 17.7 Å². The molecule has 0 saturated carbocycles. The number of carbonyl (C=O) groups excluding carboxylic acids is 1. The Morgan fingerprint density at radius 3 is 2.37 bits per heavy atom. The molecule has 0 bridgehead atoms. The zero-order valence-corrected chi connectivity index (χ0v) is 18.2. The molecule has 3 heterocycles. The van der Waals surface area contributed by atoms with Crippen molar-refractivity contribution in [3.05, 3.63) is 65.7 Å². The molecule has 0 spiro atoms. The topological polar surface area (TPSA) is 67.2 Å². The highest BCUT2D eigenvalue weighted by Crippen LogP contribution is 2.22. The lowest BCUT2D eigenvalue weighted by Gasteiger charge is -2.34. The van der Waals surface area contributed by atoms with Crippen molar-refractivity contribution in [2.75, 3.05) is 31.9 Å². The molecule has 156 valence electrons. The van der Waals surface area contributed by atoms with Gasteiger partial charge in [0, 0.05) is 50.8 Å². The predicted octanol–water partition coefficient (Wildman–Crippen LogP) is 2.72. The van der Waals surface area contributed by atoms with Crippen LogP contribution in [0.25, 0.3) is 5.69 Å². The minimum Gasteiger partial charge on any atom is -0.339 e. The van der Waals surface area contributed by atoms with Gasteiger partial charge in [-0.15, -0.1) is 10.2 Å². The quantitative estimate of drug-likeness (QED) is 0.569. The first-order valence-electron chi connectivity index (χ1n) is 10.1. The van der Waals surface area contributed by atoms with Gasteiger partial charge in [-0.25, -0.2) is 0 Å². The van der Waals surface area contributed by atoms with Gasteiger partial charge in [0.1, 0.15) is 5.82 Å². The normalized spacial score (nSPS) is 14.8. The highest BCUT2D eigenvalue weighted by Gasteiger charge is 2.22. The third-order valence-electron chi connectivity index (χ3n) is 5.29. The summed E-state index contributed by atoms with van der Waals surface area (Å²) in [6.07, 6.45) is 3.65. The van der Waals surface area contributed by atoms with Crippen LogP contribution in [0, 0.1) is 13.8 Å². The molecule has 1 aliphatic heterocycles. The number of thioether (sulfide) groups is 1. The Morgan fingerprint density at radius 2 is 1.67 bits per heavy atom. The Balaban J connectivity index is 1.31. The number of hydrogen-bond acceptors (Lipinski definition) is 6. The van der Waals surface area contributed by atoms with Crippen molar-refractivity contribution in [1.82, 2.24) is 29.5 Å². The van der Waals surface area contributed by atoms with Crippen LogP contribution in [0.15, 0.2) is 53.9 Å². The minimum atomic E-state index is 0.152. The van der Waals surface area contributed by atoms with E-state index in [9.17, 15) is 4.79 Å². The number of piperazine rings is 1. The highest BCUT2D eigenvalue weighted by atomic mass is 32.2. The molecular weight excluding hydrogens is 396 g/mol. The Hall–Kier alpha value is -2.71. The van der Waals surface area contributed by atoms with Gasteiger partial charge >= 0.3 is 0 Å². The lowest BCUT2D eigenvalue weighted by Crippen LogP contribution is -2.48. The van der Waals surface area contributed by atoms with Crippen LogP contribution in [0.2, 0.25) is 0 Å². The highest BCUT2D eigenvalue weighted by molar-refractivity contribution is 7.99. The van der Waals surface area contributed by atoms with E-state index in [0.29, 0.717) is 5.75 Å². The largest absolute Gasteiger partial charge is 0.339 e. The van der Waals surface area contributed by atoms with Gasteiger partial charge in [0.2, 0.25) is 5.91 Å². The number of carbonyl (C=O) groups is 1. The second-order valence-corrected chi connectivity index (χ2v) is 8.44. The number of nitrogens with zero attached hydrogens (tertiary/aromatic N) is 6. The van der Waals surface area contributed by atoms with Crippen LogP contribution in [0.4, 0.5) is 0 Å². The maximum absolute atomic E-state index is 12.8. The maximum atomic E-state index is 12.8. The van der Waals surface area contributed by atoms with Gasteiger partial charge in [-0.2, -0.15) is 0 Å². The van der Waals surface area contributed by atoms with Crippen LogP contribution >= 0.6 is 11.8 Å². The van der Waals surface area contributed by atoms with Crippen LogP contribution in [-0.4, -0.2) is 67.4 Å². The molecule has 30 heavy (non-hydrogen) atoms. The lowest BCUT2D eigenvalue weighted by atomic mass is 10.2. The summed E-state index contributed by atoms with van der Waals surface area (Å²) in [7, 11) is 0. The van der Waals surface area contributed by atoms with Crippen molar-refractivity contribution in [2.24, 2.45) is 0 Å². The summed E-state index contributed by atoms with van der Waals surface area (Å²) >= 11 is 1.45. The van der Waals surface area contributed by atoms with E-state index in [1.165, 1.54) is 22.9 Å². The third kappa shape index (κ3) is 4.88. The summed E-state index contributed by atoms with van der Waals surface area (Å²) < 4.78 is 2.00. The predicted molar refractivity (Wildman–Crippen MR) is 118 cm³/mol. The first kappa shape index (κ1) is 20.6. The van der Waals surface area contributed by atoms with E-state index in [1.807, 2.05) is 40.9 Å². The van der Waals surface area contributed by atoms with Gasteiger partial charge in [0.25, 0.3) is 0 Å². The van der Waals surface area contributed by atoms with Crippen LogP contribution < -0.4 is 0 Å². The van der Waals surface area contributed by atoms with Crippen LogP contribution in [0.3, 0.4) is 0 Å². The summed E-state index contributed by atoms with van der Waals surface area (Å²) in [5.74, 6) is 1.34. The fourth-order valence-corrected chi connectivity index (χ4v) is 4.45. The molecule has 0 N–H and O–H groups in total. The molecule has 0 aliphatic carbocycles. The van der Waals surface area contributed by atoms with Gasteiger partial charge < -0.3 is 4.90 Å². The zero-order valence-electron chi connectivity index (χ0n) is 17.4. The Bertz CT molecular complexity index is 981. The fourth-order valence-electron chi connectivity index (χ4n) is 3.55. The third-order valence-corrected chi connectivity index (χ3v) is 6.21. The molecule has 4 rings (SSSR count). The number of hydrogen-bond donors (Lipinski definition) is 0. The standard InChI is InChI=1S/C22H26N6OS/c1-17-3-5-20(6-4-17)28-18(2)24-25-22(28)30-16-21(29)27-13-11-26(12-14-27)15-19-7-9-23-10-8-19/h3-10H,11-16H2,1-2H3. The number of benzene rings is 1. The van der Waals surface area contributed by atoms with E-state index in [4.69, 9.17) is 0 Å². The number of rotatable bonds is 6. The molecule has 1 fully saturated rings. The maximum Gasteiger partial charge on any atom is 0.233 e. The van der Waals surface area contributed by atoms with E-state index < -0.39 is 0 Å². The van der Waals surface area contributed by atoms with E-state index in [1.54, 1.807) is 0 Å². The molecule has 3 aromatic rings. The first-order chi connectivity index (χ1) is 14.6. The van der Waals surface area contributed by atoms with Crippen molar-refractivity contribution in [1.29, 1.82) is 0 Å². The zero-order chi connectivity index (χ0) is 20.9. The van der Waals surface area contributed by atoms with Crippen molar-refractivity contribution in [3.63, 3.8) is 0 Å². The van der Waals surface area contributed by atoms with Crippen molar-refractivity contribution < 1.29 is 4.79 Å².